The van der Waals surface area contributed by atoms with E-state index in [0.717, 1.165) is 5.69 Å². The molecule has 0 aliphatic heterocycles. The molecule has 1 aromatic rings. The molecular formula is C8H12N2O2S. The van der Waals surface area contributed by atoms with Crippen molar-refractivity contribution in [2.75, 3.05) is 14.1 Å². The number of carboxylic acids is 1. The zero-order valence-corrected chi connectivity index (χ0v) is 8.41. The number of nitrogens with zero attached hydrogens (tertiary/aromatic N) is 2. The lowest BCUT2D eigenvalue weighted by molar-refractivity contribution is -0.138. The fourth-order valence-corrected chi connectivity index (χ4v) is 1.70. The second-order valence-corrected chi connectivity index (χ2v) is 3.71. The van der Waals surface area contributed by atoms with Gasteiger partial charge in [-0.25, -0.2) is 4.98 Å². The van der Waals surface area contributed by atoms with E-state index in [1.807, 2.05) is 24.4 Å². The zero-order chi connectivity index (χ0) is 9.84. The number of hydrogen-bond donors (Lipinski definition) is 1. The van der Waals surface area contributed by atoms with Gasteiger partial charge in [-0.05, 0) is 14.1 Å². The van der Waals surface area contributed by atoms with Gasteiger partial charge < -0.3 is 10.0 Å². The Morgan fingerprint density at radius 1 is 1.77 bits per heavy atom. The molecule has 0 bridgehead atoms. The molecule has 0 spiro atoms. The first-order valence-electron chi connectivity index (χ1n) is 3.87. The summed E-state index contributed by atoms with van der Waals surface area (Å²) in [4.78, 5) is 16.5. The van der Waals surface area contributed by atoms with Crippen LogP contribution in [0.3, 0.4) is 0 Å². The molecule has 72 valence electrons. The fraction of sp³-hybridized carbons (Fsp3) is 0.500. The van der Waals surface area contributed by atoms with Crippen molar-refractivity contribution < 1.29 is 9.90 Å². The van der Waals surface area contributed by atoms with Gasteiger partial charge in [0.1, 0.15) is 0 Å². The van der Waals surface area contributed by atoms with E-state index in [4.69, 9.17) is 5.11 Å². The van der Waals surface area contributed by atoms with Gasteiger partial charge in [-0.2, -0.15) is 0 Å². The van der Waals surface area contributed by atoms with Crippen LogP contribution in [0.25, 0.3) is 0 Å². The minimum absolute atomic E-state index is 0.0940. The van der Waals surface area contributed by atoms with Gasteiger partial charge in [0.25, 0.3) is 0 Å². The van der Waals surface area contributed by atoms with Gasteiger partial charge in [-0.1, -0.05) is 0 Å². The molecule has 13 heavy (non-hydrogen) atoms. The number of hydrogen-bond acceptors (Lipinski definition) is 4. The Labute approximate surface area is 80.8 Å². The molecule has 0 aliphatic carbocycles. The van der Waals surface area contributed by atoms with Crippen LogP contribution in [0.1, 0.15) is 18.2 Å². The Hall–Kier alpha value is -0.940. The maximum atomic E-state index is 10.6. The molecule has 0 saturated carbocycles. The maximum absolute atomic E-state index is 10.6. The van der Waals surface area contributed by atoms with Gasteiger partial charge in [0.05, 0.1) is 23.7 Å². The maximum Gasteiger partial charge on any atom is 0.305 e. The number of carboxylic acid groups (broad SMARTS) is 1. The summed E-state index contributed by atoms with van der Waals surface area (Å²) in [7, 11) is 3.71. The third-order valence-electron chi connectivity index (χ3n) is 1.78. The van der Waals surface area contributed by atoms with Gasteiger partial charge in [0.2, 0.25) is 0 Å². The molecular weight excluding hydrogens is 188 g/mol. The van der Waals surface area contributed by atoms with Crippen molar-refractivity contribution >= 4 is 17.3 Å². The van der Waals surface area contributed by atoms with E-state index in [2.05, 4.69) is 4.98 Å². The quantitative estimate of drug-likeness (QED) is 0.794. The van der Waals surface area contributed by atoms with Crippen LogP contribution >= 0.6 is 11.3 Å². The standard InChI is InChI=1S/C8H12N2O2S/c1-10(2)7(3-8(11)12)6-4-13-5-9-6/h4-5,7H,3H2,1-2H3,(H,11,12). The van der Waals surface area contributed by atoms with Crippen LogP contribution in [0.4, 0.5) is 0 Å². The summed E-state index contributed by atoms with van der Waals surface area (Å²) in [5, 5.41) is 10.6. The minimum atomic E-state index is -0.799. The summed E-state index contributed by atoms with van der Waals surface area (Å²) in [5.41, 5.74) is 2.55. The highest BCUT2D eigenvalue weighted by Gasteiger charge is 2.18. The lowest BCUT2D eigenvalue weighted by Crippen LogP contribution is -2.22. The molecule has 0 radical (unpaired) electrons. The monoisotopic (exact) mass is 200 g/mol. The molecule has 1 aromatic heterocycles. The second-order valence-electron chi connectivity index (χ2n) is 2.99. The number of thiazole rings is 1. The second kappa shape index (κ2) is 4.34. The third kappa shape index (κ3) is 2.78. The summed E-state index contributed by atoms with van der Waals surface area (Å²) >= 11 is 1.48. The van der Waals surface area contributed by atoms with E-state index in [0.29, 0.717) is 0 Å². The fourth-order valence-electron chi connectivity index (χ4n) is 1.10. The average molecular weight is 200 g/mol. The van der Waals surface area contributed by atoms with Crippen molar-refractivity contribution in [3.63, 3.8) is 0 Å². The molecule has 1 rings (SSSR count). The molecule has 5 heteroatoms. The van der Waals surface area contributed by atoms with Gasteiger partial charge in [0, 0.05) is 5.38 Å². The van der Waals surface area contributed by atoms with Gasteiger partial charge >= 0.3 is 5.97 Å². The SMILES string of the molecule is CN(C)C(CC(=O)O)c1cscn1. The van der Waals surface area contributed by atoms with E-state index in [9.17, 15) is 4.79 Å². The van der Waals surface area contributed by atoms with Crippen molar-refractivity contribution in [1.82, 2.24) is 9.88 Å². The molecule has 0 amide bonds. The highest BCUT2D eigenvalue weighted by molar-refractivity contribution is 7.07. The Morgan fingerprint density at radius 3 is 2.85 bits per heavy atom. The van der Waals surface area contributed by atoms with Crippen molar-refractivity contribution in [1.29, 1.82) is 0 Å². The average Bonchev–Trinajstić information content (AvgIpc) is 2.50. The third-order valence-corrected chi connectivity index (χ3v) is 2.39. The molecule has 1 N–H and O–H groups in total. The predicted octanol–water partition coefficient (Wildman–Crippen LogP) is 1.22. The first kappa shape index (κ1) is 10.1. The van der Waals surface area contributed by atoms with Crippen molar-refractivity contribution in [3.05, 3.63) is 16.6 Å². The smallest absolute Gasteiger partial charge is 0.305 e. The van der Waals surface area contributed by atoms with Crippen LogP contribution in [0.5, 0.6) is 0 Å². The van der Waals surface area contributed by atoms with Crippen LogP contribution in [0.2, 0.25) is 0 Å². The lowest BCUT2D eigenvalue weighted by atomic mass is 10.1. The van der Waals surface area contributed by atoms with Crippen molar-refractivity contribution in [3.8, 4) is 0 Å². The molecule has 1 atom stereocenters. The number of carbonyl (C=O) groups is 1. The first-order valence-corrected chi connectivity index (χ1v) is 4.82. The minimum Gasteiger partial charge on any atom is -0.481 e. The molecule has 0 aromatic carbocycles. The Kier molecular flexibility index (Phi) is 3.39. The first-order chi connectivity index (χ1) is 6.11. The molecule has 1 heterocycles. The molecule has 4 nitrogen and oxygen atoms in total. The van der Waals surface area contributed by atoms with E-state index in [-0.39, 0.29) is 12.5 Å². The zero-order valence-electron chi connectivity index (χ0n) is 7.60. The van der Waals surface area contributed by atoms with E-state index in [1.54, 1.807) is 5.51 Å². The van der Waals surface area contributed by atoms with Crippen LogP contribution < -0.4 is 0 Å². The van der Waals surface area contributed by atoms with E-state index in [1.165, 1.54) is 11.3 Å². The lowest BCUT2D eigenvalue weighted by Gasteiger charge is -2.20. The predicted molar refractivity (Wildman–Crippen MR) is 50.8 cm³/mol. The van der Waals surface area contributed by atoms with Crippen LogP contribution in [-0.4, -0.2) is 35.1 Å². The Morgan fingerprint density at radius 2 is 2.46 bits per heavy atom. The molecule has 0 fully saturated rings. The van der Waals surface area contributed by atoms with Crippen LogP contribution in [0.15, 0.2) is 10.9 Å². The largest absolute Gasteiger partial charge is 0.481 e. The van der Waals surface area contributed by atoms with E-state index < -0.39 is 5.97 Å². The number of aliphatic carboxylic acids is 1. The van der Waals surface area contributed by atoms with Gasteiger partial charge in [-0.15, -0.1) is 11.3 Å². The number of rotatable bonds is 4. The topological polar surface area (TPSA) is 53.4 Å². The van der Waals surface area contributed by atoms with Crippen molar-refractivity contribution in [2.24, 2.45) is 0 Å². The highest BCUT2D eigenvalue weighted by atomic mass is 32.1. The van der Waals surface area contributed by atoms with Crippen molar-refractivity contribution in [2.45, 2.75) is 12.5 Å². The summed E-state index contributed by atoms with van der Waals surface area (Å²) in [6, 6.07) is -0.122. The summed E-state index contributed by atoms with van der Waals surface area (Å²) < 4.78 is 0. The van der Waals surface area contributed by atoms with Gasteiger partial charge in [-0.3, -0.25) is 4.79 Å². The van der Waals surface area contributed by atoms with Crippen LogP contribution in [-0.2, 0) is 4.79 Å². The normalized spacial score (nSPS) is 13.2. The molecule has 0 aliphatic rings. The molecule has 0 saturated heterocycles. The Bertz CT molecular complexity index is 272. The van der Waals surface area contributed by atoms with Gasteiger partial charge in [0.15, 0.2) is 0 Å². The molecule has 1 unspecified atom stereocenters. The summed E-state index contributed by atoms with van der Waals surface area (Å²) in [6.07, 6.45) is 0.0940. The number of aromatic nitrogens is 1. The highest BCUT2D eigenvalue weighted by Crippen LogP contribution is 2.21. The van der Waals surface area contributed by atoms with Crippen LogP contribution in [0, 0.1) is 0 Å². The summed E-state index contributed by atoms with van der Waals surface area (Å²) in [6.45, 7) is 0. The summed E-state index contributed by atoms with van der Waals surface area (Å²) in [5.74, 6) is -0.799. The Balaban J connectivity index is 2.74. The van der Waals surface area contributed by atoms with E-state index >= 15 is 0 Å².